The Balaban J connectivity index is 2.28. The quantitative estimate of drug-likeness (QED) is 0.792. The highest BCUT2D eigenvalue weighted by molar-refractivity contribution is 9.10. The minimum Gasteiger partial charge on any atom is -0.377 e. The predicted molar refractivity (Wildman–Crippen MR) is 50.8 cm³/mol. The van der Waals surface area contributed by atoms with Gasteiger partial charge in [-0.15, -0.1) is 0 Å². The van der Waals surface area contributed by atoms with Crippen LogP contribution in [0.4, 0.5) is 0 Å². The molecule has 1 aromatic carbocycles. The standard InChI is InChI=1S/C9H10BrNO/c10-8-3-1-7(2-4-8)9(11)5-12-6-9/h1-4H,5-6,11H2. The third kappa shape index (κ3) is 1.28. The largest absolute Gasteiger partial charge is 0.377 e. The molecule has 64 valence electrons. The van der Waals surface area contributed by atoms with E-state index in [1.54, 1.807) is 0 Å². The van der Waals surface area contributed by atoms with Gasteiger partial charge in [-0.2, -0.15) is 0 Å². The number of hydrogen-bond donors (Lipinski definition) is 1. The fourth-order valence-corrected chi connectivity index (χ4v) is 1.53. The molecule has 2 N–H and O–H groups in total. The van der Waals surface area contributed by atoms with Crippen molar-refractivity contribution >= 4 is 15.9 Å². The number of hydrogen-bond acceptors (Lipinski definition) is 2. The van der Waals surface area contributed by atoms with Crippen molar-refractivity contribution < 1.29 is 4.74 Å². The second-order valence-electron chi connectivity index (χ2n) is 3.16. The summed E-state index contributed by atoms with van der Waals surface area (Å²) in [5.74, 6) is 0. The third-order valence-corrected chi connectivity index (χ3v) is 2.67. The molecule has 3 heteroatoms. The highest BCUT2D eigenvalue weighted by Gasteiger charge is 2.35. The molecule has 0 aliphatic carbocycles. The van der Waals surface area contributed by atoms with Crippen LogP contribution in [0.25, 0.3) is 0 Å². The predicted octanol–water partition coefficient (Wildman–Crippen LogP) is 1.63. The van der Waals surface area contributed by atoms with Crippen molar-refractivity contribution in [2.45, 2.75) is 5.54 Å². The molecule has 1 fully saturated rings. The number of ether oxygens (including phenoxy) is 1. The zero-order valence-corrected chi connectivity index (χ0v) is 8.17. The third-order valence-electron chi connectivity index (χ3n) is 2.14. The van der Waals surface area contributed by atoms with Crippen molar-refractivity contribution in [3.63, 3.8) is 0 Å². The highest BCUT2D eigenvalue weighted by atomic mass is 79.9. The average molecular weight is 228 g/mol. The van der Waals surface area contributed by atoms with Crippen molar-refractivity contribution in [2.24, 2.45) is 5.73 Å². The number of rotatable bonds is 1. The second-order valence-corrected chi connectivity index (χ2v) is 4.07. The summed E-state index contributed by atoms with van der Waals surface area (Å²) in [5.41, 5.74) is 6.95. The minimum atomic E-state index is -0.235. The van der Waals surface area contributed by atoms with Gasteiger partial charge in [0.1, 0.15) is 0 Å². The smallest absolute Gasteiger partial charge is 0.0883 e. The van der Waals surface area contributed by atoms with E-state index in [2.05, 4.69) is 15.9 Å². The zero-order valence-electron chi connectivity index (χ0n) is 6.59. The Morgan fingerprint density at radius 2 is 1.83 bits per heavy atom. The average Bonchev–Trinajstić information content (AvgIpc) is 2.02. The van der Waals surface area contributed by atoms with E-state index in [1.807, 2.05) is 24.3 Å². The van der Waals surface area contributed by atoms with Crippen LogP contribution in [-0.4, -0.2) is 13.2 Å². The van der Waals surface area contributed by atoms with Crippen molar-refractivity contribution in [3.05, 3.63) is 34.3 Å². The van der Waals surface area contributed by atoms with Gasteiger partial charge in [0.15, 0.2) is 0 Å². The molecule has 1 saturated heterocycles. The van der Waals surface area contributed by atoms with Gasteiger partial charge in [-0.25, -0.2) is 0 Å². The Kier molecular flexibility index (Phi) is 1.94. The molecule has 1 aliphatic rings. The monoisotopic (exact) mass is 227 g/mol. The molecule has 0 aromatic heterocycles. The summed E-state index contributed by atoms with van der Waals surface area (Å²) in [5, 5.41) is 0. The van der Waals surface area contributed by atoms with Gasteiger partial charge in [0.25, 0.3) is 0 Å². The van der Waals surface area contributed by atoms with Crippen molar-refractivity contribution in [1.29, 1.82) is 0 Å². The van der Waals surface area contributed by atoms with Crippen LogP contribution in [0.15, 0.2) is 28.7 Å². The fourth-order valence-electron chi connectivity index (χ4n) is 1.27. The van der Waals surface area contributed by atoms with E-state index in [0.29, 0.717) is 13.2 Å². The Morgan fingerprint density at radius 1 is 1.25 bits per heavy atom. The summed E-state index contributed by atoms with van der Waals surface area (Å²) in [6.45, 7) is 1.27. The molecule has 0 saturated carbocycles. The summed E-state index contributed by atoms with van der Waals surface area (Å²) in [7, 11) is 0. The van der Waals surface area contributed by atoms with Crippen LogP contribution in [0.5, 0.6) is 0 Å². The highest BCUT2D eigenvalue weighted by Crippen LogP contribution is 2.27. The van der Waals surface area contributed by atoms with Gasteiger partial charge in [-0.05, 0) is 17.7 Å². The molecule has 0 radical (unpaired) electrons. The van der Waals surface area contributed by atoms with E-state index in [1.165, 1.54) is 0 Å². The lowest BCUT2D eigenvalue weighted by Gasteiger charge is -2.38. The molecule has 0 unspecified atom stereocenters. The van der Waals surface area contributed by atoms with Crippen molar-refractivity contribution in [2.75, 3.05) is 13.2 Å². The SMILES string of the molecule is NC1(c2ccc(Br)cc2)COC1. The topological polar surface area (TPSA) is 35.2 Å². The Morgan fingerprint density at radius 3 is 2.25 bits per heavy atom. The first-order chi connectivity index (χ1) is 5.71. The molecular weight excluding hydrogens is 218 g/mol. The second kappa shape index (κ2) is 2.83. The fraction of sp³-hybridized carbons (Fsp3) is 0.333. The van der Waals surface area contributed by atoms with Crippen LogP contribution in [0.2, 0.25) is 0 Å². The minimum absolute atomic E-state index is 0.235. The first-order valence-electron chi connectivity index (χ1n) is 3.83. The van der Waals surface area contributed by atoms with Crippen LogP contribution in [-0.2, 0) is 10.3 Å². The number of benzene rings is 1. The van der Waals surface area contributed by atoms with E-state index in [9.17, 15) is 0 Å². The van der Waals surface area contributed by atoms with E-state index in [-0.39, 0.29) is 5.54 Å². The lowest BCUT2D eigenvalue weighted by Crippen LogP contribution is -2.54. The molecule has 1 aliphatic heterocycles. The van der Waals surface area contributed by atoms with Gasteiger partial charge in [-0.3, -0.25) is 0 Å². The number of nitrogens with two attached hydrogens (primary N) is 1. The van der Waals surface area contributed by atoms with Gasteiger partial charge in [-0.1, -0.05) is 28.1 Å². The van der Waals surface area contributed by atoms with Crippen molar-refractivity contribution in [3.8, 4) is 0 Å². The summed E-state index contributed by atoms with van der Waals surface area (Å²) in [4.78, 5) is 0. The molecule has 2 nitrogen and oxygen atoms in total. The van der Waals surface area contributed by atoms with Crippen molar-refractivity contribution in [1.82, 2.24) is 0 Å². The molecule has 1 aromatic rings. The summed E-state index contributed by atoms with van der Waals surface area (Å²) in [6, 6.07) is 8.07. The van der Waals surface area contributed by atoms with E-state index < -0.39 is 0 Å². The van der Waals surface area contributed by atoms with Gasteiger partial charge in [0.05, 0.1) is 18.8 Å². The molecule has 0 atom stereocenters. The van der Waals surface area contributed by atoms with E-state index in [4.69, 9.17) is 10.5 Å². The molecule has 0 amide bonds. The van der Waals surface area contributed by atoms with Crippen LogP contribution in [0.1, 0.15) is 5.56 Å². The van der Waals surface area contributed by atoms with E-state index >= 15 is 0 Å². The summed E-state index contributed by atoms with van der Waals surface area (Å²) >= 11 is 3.38. The van der Waals surface area contributed by atoms with Gasteiger partial charge in [0, 0.05) is 4.47 Å². The number of halogens is 1. The van der Waals surface area contributed by atoms with Crippen LogP contribution in [0, 0.1) is 0 Å². The molecular formula is C9H10BrNO. The van der Waals surface area contributed by atoms with Crippen LogP contribution >= 0.6 is 15.9 Å². The summed E-state index contributed by atoms with van der Waals surface area (Å²) < 4.78 is 6.16. The normalized spacial score (nSPS) is 20.2. The van der Waals surface area contributed by atoms with Gasteiger partial charge >= 0.3 is 0 Å². The maximum Gasteiger partial charge on any atom is 0.0883 e. The molecule has 1 heterocycles. The Bertz CT molecular complexity index is 279. The van der Waals surface area contributed by atoms with Gasteiger partial charge < -0.3 is 10.5 Å². The molecule has 0 bridgehead atoms. The molecule has 2 rings (SSSR count). The lowest BCUT2D eigenvalue weighted by atomic mass is 9.89. The summed E-state index contributed by atoms with van der Waals surface area (Å²) in [6.07, 6.45) is 0. The van der Waals surface area contributed by atoms with Gasteiger partial charge in [0.2, 0.25) is 0 Å². The maximum atomic E-state index is 6.03. The van der Waals surface area contributed by atoms with E-state index in [0.717, 1.165) is 10.0 Å². The zero-order chi connectivity index (χ0) is 8.60. The Labute approximate surface area is 79.8 Å². The lowest BCUT2D eigenvalue weighted by molar-refractivity contribution is -0.0569. The maximum absolute atomic E-state index is 6.03. The first-order valence-corrected chi connectivity index (χ1v) is 4.63. The first kappa shape index (κ1) is 8.23. The Hall–Kier alpha value is -0.380. The molecule has 12 heavy (non-hydrogen) atoms. The molecule has 0 spiro atoms. The van der Waals surface area contributed by atoms with Crippen LogP contribution < -0.4 is 5.73 Å². The van der Waals surface area contributed by atoms with Crippen LogP contribution in [0.3, 0.4) is 0 Å².